The number of esters is 4. The molecule has 0 spiro atoms. The number of likely N-dealkylation sites (N-methyl/N-ethyl adjacent to an activating group) is 4. The number of aryl methyl sites for hydroxylation is 2. The van der Waals surface area contributed by atoms with E-state index in [4.69, 9.17) is 18.9 Å². The third-order valence-electron chi connectivity index (χ3n) is 16.4. The van der Waals surface area contributed by atoms with Crippen molar-refractivity contribution in [1.82, 2.24) is 39.2 Å². The lowest BCUT2D eigenvalue weighted by atomic mass is 9.99. The Balaban J connectivity index is 1.58. The summed E-state index contributed by atoms with van der Waals surface area (Å²) in [7, 11) is 5.49. The van der Waals surface area contributed by atoms with Gasteiger partial charge in [-0.25, -0.2) is 19.2 Å². The Morgan fingerprint density at radius 2 is 0.674 bits per heavy atom. The van der Waals surface area contributed by atoms with Crippen LogP contribution >= 0.6 is 0 Å². The number of benzene rings is 2. The molecule has 8 atom stereocenters. The molecule has 1 aliphatic rings. The Morgan fingerprint density at radius 1 is 0.424 bits per heavy atom. The van der Waals surface area contributed by atoms with E-state index < -0.39 is 96.1 Å². The van der Waals surface area contributed by atoms with Crippen molar-refractivity contribution in [3.05, 3.63) is 93.6 Å². The van der Waals surface area contributed by atoms with Crippen molar-refractivity contribution in [3.63, 3.8) is 0 Å². The minimum absolute atomic E-state index is 0.0460. The molecule has 0 bridgehead atoms. The molecule has 1 aliphatic heterocycles. The van der Waals surface area contributed by atoms with Crippen molar-refractivity contribution in [3.8, 4) is 0 Å². The first-order chi connectivity index (χ1) is 43.0. The number of carbonyl (C=O) groups is 10. The first-order valence-electron chi connectivity index (χ1n) is 31.7. The topological polar surface area (TPSA) is 280 Å². The van der Waals surface area contributed by atoms with E-state index in [9.17, 15) is 38.4 Å². The highest BCUT2D eigenvalue weighted by atomic mass is 16.6. The van der Waals surface area contributed by atoms with Crippen LogP contribution < -0.4 is 10.6 Å². The molecule has 5 rings (SSSR count). The van der Waals surface area contributed by atoms with Crippen molar-refractivity contribution in [1.29, 1.82) is 0 Å². The van der Waals surface area contributed by atoms with Crippen molar-refractivity contribution >= 4 is 70.7 Å². The highest BCUT2D eigenvalue weighted by Gasteiger charge is 2.43. The van der Waals surface area contributed by atoms with Gasteiger partial charge in [-0.1, -0.05) is 104 Å². The lowest BCUT2D eigenvalue weighted by Crippen LogP contribution is -2.55. The molecule has 4 aromatic rings. The van der Waals surface area contributed by atoms with E-state index in [-0.39, 0.29) is 74.0 Å². The Bertz CT molecular complexity index is 3060. The third kappa shape index (κ3) is 19.8. The van der Waals surface area contributed by atoms with Crippen molar-refractivity contribution in [2.45, 2.75) is 211 Å². The van der Waals surface area contributed by atoms with E-state index in [1.54, 1.807) is 47.5 Å². The van der Waals surface area contributed by atoms with E-state index in [0.717, 1.165) is 42.1 Å². The number of rotatable bonds is 18. The van der Waals surface area contributed by atoms with Crippen LogP contribution in [-0.2, 0) is 92.8 Å². The minimum Gasteiger partial charge on any atom is -0.451 e. The molecule has 1 fully saturated rings. The van der Waals surface area contributed by atoms with Crippen LogP contribution in [0.3, 0.4) is 0 Å². The lowest BCUT2D eigenvalue weighted by Gasteiger charge is -2.35. The fourth-order valence-electron chi connectivity index (χ4n) is 11.2. The van der Waals surface area contributed by atoms with Crippen LogP contribution in [0, 0.1) is 51.4 Å². The zero-order valence-corrected chi connectivity index (χ0v) is 57.5. The van der Waals surface area contributed by atoms with Crippen LogP contribution in [-0.4, -0.2) is 175 Å². The number of aromatic nitrogens is 4. The van der Waals surface area contributed by atoms with E-state index >= 15 is 9.59 Å². The van der Waals surface area contributed by atoms with Gasteiger partial charge in [0.05, 0.1) is 47.2 Å². The molecule has 0 radical (unpaired) electrons. The zero-order chi connectivity index (χ0) is 68.9. The summed E-state index contributed by atoms with van der Waals surface area (Å²) in [5.41, 5.74) is 6.76. The number of amides is 6. The van der Waals surface area contributed by atoms with Gasteiger partial charge in [0.2, 0.25) is 11.8 Å². The summed E-state index contributed by atoms with van der Waals surface area (Å²) in [6, 6.07) is 9.05. The molecule has 24 heteroatoms. The number of hydrogen-bond donors (Lipinski definition) is 2. The van der Waals surface area contributed by atoms with Gasteiger partial charge in [-0.05, 0) is 113 Å². The van der Waals surface area contributed by atoms with E-state index in [0.29, 0.717) is 47.0 Å². The summed E-state index contributed by atoms with van der Waals surface area (Å²) in [5.74, 6) is -8.33. The summed E-state index contributed by atoms with van der Waals surface area (Å²) in [5, 5.41) is 14.9. The van der Waals surface area contributed by atoms with Gasteiger partial charge in [-0.2, -0.15) is 10.2 Å². The molecule has 1 saturated heterocycles. The normalized spacial score (nSPS) is 21.7. The number of anilines is 2. The van der Waals surface area contributed by atoms with Gasteiger partial charge >= 0.3 is 23.9 Å². The Hall–Kier alpha value is -8.44. The second-order valence-electron chi connectivity index (χ2n) is 26.2. The molecule has 92 heavy (non-hydrogen) atoms. The second kappa shape index (κ2) is 32.7. The summed E-state index contributed by atoms with van der Waals surface area (Å²) >= 11 is 0. The maximum atomic E-state index is 15.2. The maximum Gasteiger partial charge on any atom is 0.329 e. The van der Waals surface area contributed by atoms with Crippen LogP contribution in [0.2, 0.25) is 0 Å². The summed E-state index contributed by atoms with van der Waals surface area (Å²) in [6.07, 6.45) is -6.43. The first-order valence-corrected chi connectivity index (χ1v) is 31.7. The monoisotopic (exact) mass is 1280 g/mol. The molecule has 2 aromatic heterocycles. The van der Waals surface area contributed by atoms with Crippen molar-refractivity contribution in [2.75, 3.05) is 38.8 Å². The summed E-state index contributed by atoms with van der Waals surface area (Å²) in [6.45, 7) is 28.2. The average molecular weight is 1280 g/mol. The van der Waals surface area contributed by atoms with Gasteiger partial charge in [0.15, 0.2) is 24.4 Å². The van der Waals surface area contributed by atoms with Crippen LogP contribution in [0.15, 0.2) is 48.5 Å². The Kier molecular flexibility index (Phi) is 26.4. The number of cyclic esters (lactones) is 4. The van der Waals surface area contributed by atoms with Crippen LogP contribution in [0.25, 0.3) is 0 Å². The molecular weight excluding hydrogens is 1180 g/mol. The quantitative estimate of drug-likeness (QED) is 0.0730. The molecule has 0 saturated carbocycles. The van der Waals surface area contributed by atoms with Crippen LogP contribution in [0.4, 0.5) is 11.4 Å². The van der Waals surface area contributed by atoms with Gasteiger partial charge in [0.1, 0.15) is 24.2 Å². The van der Waals surface area contributed by atoms with Gasteiger partial charge in [-0.15, -0.1) is 0 Å². The van der Waals surface area contributed by atoms with Crippen molar-refractivity contribution in [2.24, 2.45) is 23.7 Å². The predicted octanol–water partition coefficient (Wildman–Crippen LogP) is 7.30. The van der Waals surface area contributed by atoms with Crippen LogP contribution in [0.1, 0.15) is 154 Å². The SMILES string of the molecule is CC(=O)Nc1c(C)nn(Cc2ccc(C[C@H]3OC(=O)[C@H](CC(C)C)N(C)C(=O)[C@@H](C)OC(=O)[C@H](CC(C)C)N(C)C(=O)[C@@H](Cc4ccc(Cn5nc(C)c(NC(C)=O)c5C)cc4)OC(=O)[C@H](CC(C)C)N(C)C(=O)[C@@H](C)OC(=O)[C@H](CC(C)C)N(C)C3=O)cc2)c1C. The first kappa shape index (κ1) is 74.3. The predicted molar refractivity (Wildman–Crippen MR) is 345 cm³/mol. The summed E-state index contributed by atoms with van der Waals surface area (Å²) < 4.78 is 27.9. The molecule has 24 nitrogen and oxygen atoms in total. The van der Waals surface area contributed by atoms with Gasteiger partial charge < -0.3 is 49.2 Å². The molecule has 2 aromatic carbocycles. The molecule has 3 heterocycles. The lowest BCUT2D eigenvalue weighted by molar-refractivity contribution is -0.176. The standard InChI is InChI=1S/C68H98N10O14/c1-37(2)29-53-65(85)89-45(13)61(81)73(17)56(32-40(7)8)68(88)92-58(34-50-23-27-52(28-24-50)36-78-44(12)60(42(10)72-78)70-48(16)80)64(84)76(20)54(30-38(3)4)66(86)90-46(14)62(82)74(18)55(31-39(5)6)67(87)91-57(63(83)75(53)19)33-49-21-25-51(26-22-49)35-77-43(11)59(41(9)71-77)69-47(15)79/h21-28,37-40,45-46,53-58H,29-36H2,1-20H3,(H,69,79)(H,70,80)/t45-,46-,53+,54+,55+,56+,57-,58-/m1/s1. The highest BCUT2D eigenvalue weighted by Crippen LogP contribution is 2.27. The highest BCUT2D eigenvalue weighted by molar-refractivity contribution is 5.95. The molecular formula is C68H98N10O14. The van der Waals surface area contributed by atoms with Gasteiger partial charge in [0, 0.05) is 54.9 Å². The molecule has 6 amide bonds. The number of nitrogens with one attached hydrogen (secondary N) is 2. The second-order valence-corrected chi connectivity index (χ2v) is 26.2. The number of carbonyl (C=O) groups excluding carboxylic acids is 10. The van der Waals surface area contributed by atoms with Crippen LogP contribution in [0.5, 0.6) is 0 Å². The van der Waals surface area contributed by atoms with E-state index in [1.807, 2.05) is 93.5 Å². The Labute approximate surface area is 541 Å². The number of ether oxygens (including phenoxy) is 4. The number of nitrogens with zero attached hydrogens (tertiary/aromatic N) is 8. The largest absolute Gasteiger partial charge is 0.451 e. The molecule has 0 aliphatic carbocycles. The average Bonchev–Trinajstić information content (AvgIpc) is 1.31. The fraction of sp³-hybridized carbons (Fsp3) is 0.588. The molecule has 504 valence electrons. The maximum absolute atomic E-state index is 15.2. The zero-order valence-electron chi connectivity index (χ0n) is 57.5. The van der Waals surface area contributed by atoms with E-state index in [1.165, 1.54) is 55.9 Å². The van der Waals surface area contributed by atoms with Gasteiger partial charge in [-0.3, -0.25) is 38.1 Å². The Morgan fingerprint density at radius 3 is 0.935 bits per heavy atom. The van der Waals surface area contributed by atoms with Gasteiger partial charge in [0.25, 0.3) is 23.6 Å². The summed E-state index contributed by atoms with van der Waals surface area (Å²) in [4.78, 5) is 147. The third-order valence-corrected chi connectivity index (χ3v) is 16.4. The van der Waals surface area contributed by atoms with Crippen molar-refractivity contribution < 1.29 is 66.9 Å². The molecule has 0 unspecified atom stereocenters. The minimum atomic E-state index is -1.59. The number of hydrogen-bond acceptors (Lipinski definition) is 16. The molecule has 2 N–H and O–H groups in total. The smallest absolute Gasteiger partial charge is 0.329 e. The fourth-order valence-corrected chi connectivity index (χ4v) is 11.2. The van der Waals surface area contributed by atoms with E-state index in [2.05, 4.69) is 20.8 Å².